The second kappa shape index (κ2) is 8.12. The number of rotatable bonds is 6. The molecule has 1 aromatic carbocycles. The molecule has 1 atom stereocenters. The van der Waals surface area contributed by atoms with Crippen molar-refractivity contribution in [3.8, 4) is 0 Å². The molecule has 1 N–H and O–H groups in total. The third-order valence-corrected chi connectivity index (χ3v) is 5.17. The Balaban J connectivity index is 2.23. The summed E-state index contributed by atoms with van der Waals surface area (Å²) in [5.41, 5.74) is 0. The Kier molecular flexibility index (Phi) is 6.77. The monoisotopic (exact) mass is 365 g/mol. The molecule has 98 valence electrons. The molecule has 0 radical (unpaired) electrons. The Hall–Kier alpha value is -1.05. The number of amides is 1. The SMILES string of the molecule is COC(=O)[C@H](C)NC(=O)CC[Te]c1ccccc1. The molecule has 0 unspecified atom stereocenters. The molecule has 5 heteroatoms. The van der Waals surface area contributed by atoms with E-state index in [1.807, 2.05) is 18.2 Å². The van der Waals surface area contributed by atoms with Crippen molar-refractivity contribution in [3.63, 3.8) is 0 Å². The van der Waals surface area contributed by atoms with Gasteiger partial charge in [0.25, 0.3) is 0 Å². The van der Waals surface area contributed by atoms with Crippen LogP contribution in [0.2, 0.25) is 4.47 Å². The number of carbonyl (C=O) groups is 2. The Bertz CT molecular complexity index is 394. The number of nitrogens with one attached hydrogen (secondary N) is 1. The van der Waals surface area contributed by atoms with E-state index in [0.29, 0.717) is 6.42 Å². The van der Waals surface area contributed by atoms with E-state index in [4.69, 9.17) is 0 Å². The van der Waals surface area contributed by atoms with Crippen molar-refractivity contribution in [2.45, 2.75) is 23.9 Å². The van der Waals surface area contributed by atoms with Crippen molar-refractivity contribution in [3.05, 3.63) is 30.3 Å². The van der Waals surface area contributed by atoms with E-state index in [1.165, 1.54) is 10.7 Å². The van der Waals surface area contributed by atoms with Crippen LogP contribution in [0.1, 0.15) is 13.3 Å². The van der Waals surface area contributed by atoms with Crippen molar-refractivity contribution in [2.24, 2.45) is 0 Å². The molecule has 0 spiro atoms. The average molecular weight is 363 g/mol. The van der Waals surface area contributed by atoms with Gasteiger partial charge < -0.3 is 0 Å². The van der Waals surface area contributed by atoms with Crippen LogP contribution in [0.3, 0.4) is 0 Å². The average Bonchev–Trinajstić information content (AvgIpc) is 2.38. The van der Waals surface area contributed by atoms with Crippen molar-refractivity contribution < 1.29 is 14.3 Å². The second-order valence-electron chi connectivity index (χ2n) is 3.72. The molecular formula is C13H17NO3Te. The van der Waals surface area contributed by atoms with Gasteiger partial charge in [-0.2, -0.15) is 0 Å². The zero-order valence-electron chi connectivity index (χ0n) is 10.5. The Labute approximate surface area is 117 Å². The standard InChI is InChI=1S/C13H17NO3Te/c1-10(13(16)17-2)14-12(15)8-9-18-11-6-4-3-5-7-11/h3-7,10H,8-9H2,1-2H3,(H,14,15)/t10-/m0/s1. The normalized spacial score (nSPS) is 11.7. The summed E-state index contributed by atoms with van der Waals surface area (Å²) in [5, 5.41) is 2.62. The van der Waals surface area contributed by atoms with Crippen LogP contribution in [-0.4, -0.2) is 46.0 Å². The van der Waals surface area contributed by atoms with Gasteiger partial charge in [0.1, 0.15) is 0 Å². The van der Waals surface area contributed by atoms with Gasteiger partial charge in [-0.1, -0.05) is 0 Å². The van der Waals surface area contributed by atoms with Crippen molar-refractivity contribution in [2.75, 3.05) is 7.11 Å². The van der Waals surface area contributed by atoms with E-state index >= 15 is 0 Å². The van der Waals surface area contributed by atoms with Crippen molar-refractivity contribution in [1.29, 1.82) is 0 Å². The van der Waals surface area contributed by atoms with Gasteiger partial charge in [0.15, 0.2) is 0 Å². The third kappa shape index (κ3) is 5.52. The predicted octanol–water partition coefficient (Wildman–Crippen LogP) is 0.502. The van der Waals surface area contributed by atoms with Crippen LogP contribution in [0.15, 0.2) is 30.3 Å². The van der Waals surface area contributed by atoms with Gasteiger partial charge in [-0.25, -0.2) is 0 Å². The fraction of sp³-hybridized carbons (Fsp3) is 0.385. The van der Waals surface area contributed by atoms with E-state index in [0.717, 1.165) is 4.47 Å². The van der Waals surface area contributed by atoms with E-state index in [2.05, 4.69) is 22.2 Å². The Morgan fingerprint density at radius 3 is 2.61 bits per heavy atom. The first-order valence-electron chi connectivity index (χ1n) is 5.68. The zero-order chi connectivity index (χ0) is 13.4. The van der Waals surface area contributed by atoms with Gasteiger partial charge in [-0.3, -0.25) is 0 Å². The van der Waals surface area contributed by atoms with Crippen molar-refractivity contribution >= 4 is 36.4 Å². The van der Waals surface area contributed by atoms with E-state index in [1.54, 1.807) is 6.92 Å². The maximum absolute atomic E-state index is 11.6. The number of carbonyl (C=O) groups excluding carboxylic acids is 2. The van der Waals surface area contributed by atoms with Crippen LogP contribution in [0.4, 0.5) is 0 Å². The molecule has 0 aromatic heterocycles. The predicted molar refractivity (Wildman–Crippen MR) is 70.9 cm³/mol. The van der Waals surface area contributed by atoms with E-state index in [9.17, 15) is 9.59 Å². The van der Waals surface area contributed by atoms with Crippen LogP contribution in [0.5, 0.6) is 0 Å². The maximum atomic E-state index is 11.6. The molecule has 18 heavy (non-hydrogen) atoms. The first-order valence-corrected chi connectivity index (χ1v) is 8.50. The summed E-state index contributed by atoms with van der Waals surface area (Å²) in [4.78, 5) is 22.7. The molecule has 0 aliphatic carbocycles. The molecule has 0 aliphatic heterocycles. The van der Waals surface area contributed by atoms with Gasteiger partial charge in [0.2, 0.25) is 0 Å². The Morgan fingerprint density at radius 2 is 2.00 bits per heavy atom. The van der Waals surface area contributed by atoms with E-state index in [-0.39, 0.29) is 26.8 Å². The molecule has 0 heterocycles. The van der Waals surface area contributed by atoms with Crippen LogP contribution in [0.25, 0.3) is 0 Å². The fourth-order valence-corrected chi connectivity index (χ4v) is 3.82. The molecule has 0 bridgehead atoms. The minimum absolute atomic E-state index is 0.0890. The van der Waals surface area contributed by atoms with Gasteiger partial charge in [0, 0.05) is 0 Å². The van der Waals surface area contributed by atoms with Gasteiger partial charge >= 0.3 is 117 Å². The van der Waals surface area contributed by atoms with Gasteiger partial charge in [-0.15, -0.1) is 0 Å². The molecular weight excluding hydrogens is 346 g/mol. The summed E-state index contributed by atoms with van der Waals surface area (Å²) in [6.07, 6.45) is 0.471. The third-order valence-electron chi connectivity index (χ3n) is 2.27. The first-order chi connectivity index (χ1) is 8.63. The summed E-state index contributed by atoms with van der Waals surface area (Å²) >= 11 is -0.310. The molecule has 4 nitrogen and oxygen atoms in total. The number of hydrogen-bond donors (Lipinski definition) is 1. The summed E-state index contributed by atoms with van der Waals surface area (Å²) < 4.78 is 6.78. The topological polar surface area (TPSA) is 55.4 Å². The van der Waals surface area contributed by atoms with Crippen LogP contribution >= 0.6 is 0 Å². The van der Waals surface area contributed by atoms with Gasteiger partial charge in [0.05, 0.1) is 0 Å². The summed E-state index contributed by atoms with van der Waals surface area (Å²) in [7, 11) is 1.31. The second-order valence-corrected chi connectivity index (χ2v) is 7.06. The summed E-state index contributed by atoms with van der Waals surface area (Å²) in [5.74, 6) is -0.503. The fourth-order valence-electron chi connectivity index (χ4n) is 1.33. The van der Waals surface area contributed by atoms with Crippen molar-refractivity contribution in [1.82, 2.24) is 5.32 Å². The number of methoxy groups -OCH3 is 1. The summed E-state index contributed by atoms with van der Waals surface area (Å²) in [6, 6.07) is 9.63. The number of benzene rings is 1. The molecule has 0 aliphatic rings. The molecule has 0 saturated heterocycles. The van der Waals surface area contributed by atoms with Gasteiger partial charge in [-0.05, 0) is 0 Å². The van der Waals surface area contributed by atoms with Crippen LogP contribution < -0.4 is 8.93 Å². The van der Waals surface area contributed by atoms with Crippen LogP contribution in [-0.2, 0) is 14.3 Å². The first kappa shape index (κ1) is 15.0. The molecule has 1 amide bonds. The van der Waals surface area contributed by atoms with Crippen LogP contribution in [0, 0.1) is 0 Å². The zero-order valence-corrected chi connectivity index (χ0v) is 12.8. The quantitative estimate of drug-likeness (QED) is 0.592. The molecule has 1 aromatic rings. The molecule has 0 saturated carbocycles. The Morgan fingerprint density at radius 1 is 1.33 bits per heavy atom. The number of esters is 1. The molecule has 1 rings (SSSR count). The summed E-state index contributed by atoms with van der Waals surface area (Å²) in [6.45, 7) is 1.62. The number of ether oxygens (including phenoxy) is 1. The molecule has 0 fully saturated rings. The van der Waals surface area contributed by atoms with E-state index < -0.39 is 12.0 Å². The minimum atomic E-state index is -0.570. The number of hydrogen-bond acceptors (Lipinski definition) is 3.